The first-order valence-corrected chi connectivity index (χ1v) is 10.2. The van der Waals surface area contributed by atoms with E-state index in [1.165, 1.54) is 15.8 Å². The molecule has 0 bridgehead atoms. The van der Waals surface area contributed by atoms with Gasteiger partial charge in [-0.3, -0.25) is 19.7 Å². The van der Waals surface area contributed by atoms with Crippen LogP contribution in [-0.2, 0) is 6.67 Å². The molecule has 0 saturated carbocycles. The molecule has 1 aliphatic rings. The Labute approximate surface area is 165 Å². The van der Waals surface area contributed by atoms with Crippen LogP contribution in [0.15, 0.2) is 48.7 Å². The van der Waals surface area contributed by atoms with Gasteiger partial charge in [0.05, 0.1) is 38.5 Å². The first-order valence-electron chi connectivity index (χ1n) is 9.35. The van der Waals surface area contributed by atoms with Crippen LogP contribution in [0.2, 0.25) is 0 Å². The van der Waals surface area contributed by atoms with Crippen molar-refractivity contribution in [2.45, 2.75) is 25.4 Å². The highest BCUT2D eigenvalue weighted by Gasteiger charge is 2.25. The molecule has 0 amide bonds. The summed E-state index contributed by atoms with van der Waals surface area (Å²) in [6, 6.07) is 13.2. The van der Waals surface area contributed by atoms with E-state index in [0.29, 0.717) is 12.6 Å². The van der Waals surface area contributed by atoms with E-state index in [2.05, 4.69) is 28.2 Å². The Morgan fingerprint density at radius 3 is 3.00 bits per heavy atom. The predicted octanol–water partition coefficient (Wildman–Crippen LogP) is 4.39. The fraction of sp³-hybridized carbons (Fsp3) is 0.300. The Morgan fingerprint density at radius 2 is 2.14 bits per heavy atom. The number of hydrogen-bond acceptors (Lipinski definition) is 6. The van der Waals surface area contributed by atoms with Gasteiger partial charge in [-0.05, 0) is 37.6 Å². The van der Waals surface area contributed by atoms with Crippen molar-refractivity contribution in [1.82, 2.24) is 19.7 Å². The second-order valence-electron chi connectivity index (χ2n) is 7.22. The second kappa shape index (κ2) is 6.96. The number of benzene rings is 2. The maximum atomic E-state index is 11.1. The summed E-state index contributed by atoms with van der Waals surface area (Å²) in [5.41, 5.74) is 1.97. The lowest BCUT2D eigenvalue weighted by Crippen LogP contribution is -2.36. The molecule has 7 nitrogen and oxygen atoms in total. The maximum Gasteiger partial charge on any atom is 0.271 e. The molecular formula is C20H19N5O2S. The van der Waals surface area contributed by atoms with Gasteiger partial charge in [-0.25, -0.2) is 4.98 Å². The molecule has 1 fully saturated rings. The summed E-state index contributed by atoms with van der Waals surface area (Å²) < 4.78 is 3.10. The number of para-hydroxylation sites is 1. The van der Waals surface area contributed by atoms with Gasteiger partial charge < -0.3 is 0 Å². The highest BCUT2D eigenvalue weighted by molar-refractivity contribution is 7.18. The van der Waals surface area contributed by atoms with Crippen molar-refractivity contribution in [1.29, 1.82) is 0 Å². The van der Waals surface area contributed by atoms with E-state index in [4.69, 9.17) is 4.98 Å². The van der Waals surface area contributed by atoms with Crippen molar-refractivity contribution in [2.75, 3.05) is 13.1 Å². The molecule has 2 aromatic carbocycles. The number of thiazole rings is 1. The topological polar surface area (TPSA) is 77.1 Å². The summed E-state index contributed by atoms with van der Waals surface area (Å²) in [5.74, 6) is 0.419. The molecule has 0 unspecified atom stereocenters. The van der Waals surface area contributed by atoms with E-state index >= 15 is 0 Å². The summed E-state index contributed by atoms with van der Waals surface area (Å²) >= 11 is 1.79. The number of non-ortho nitro benzene ring substituents is 1. The van der Waals surface area contributed by atoms with Gasteiger partial charge in [0.15, 0.2) is 0 Å². The Morgan fingerprint density at radius 1 is 1.25 bits per heavy atom. The molecule has 3 heterocycles. The van der Waals surface area contributed by atoms with E-state index < -0.39 is 0 Å². The van der Waals surface area contributed by atoms with Crippen LogP contribution < -0.4 is 0 Å². The van der Waals surface area contributed by atoms with Crippen molar-refractivity contribution >= 4 is 38.1 Å². The van der Waals surface area contributed by atoms with Gasteiger partial charge in [0.2, 0.25) is 0 Å². The Hall–Kier alpha value is -2.84. The van der Waals surface area contributed by atoms with E-state index in [-0.39, 0.29) is 10.6 Å². The van der Waals surface area contributed by atoms with E-state index in [9.17, 15) is 10.1 Å². The van der Waals surface area contributed by atoms with Crippen molar-refractivity contribution in [2.24, 2.45) is 0 Å². The van der Waals surface area contributed by atoms with E-state index in [1.54, 1.807) is 29.7 Å². The average Bonchev–Trinajstić information content (AvgIpc) is 3.32. The molecule has 142 valence electrons. The summed E-state index contributed by atoms with van der Waals surface area (Å²) in [6.07, 6.45) is 4.02. The molecule has 0 radical (unpaired) electrons. The molecule has 28 heavy (non-hydrogen) atoms. The number of piperidine rings is 1. The number of rotatable bonds is 4. The Bertz CT molecular complexity index is 1130. The molecule has 0 spiro atoms. The van der Waals surface area contributed by atoms with Crippen LogP contribution in [0, 0.1) is 10.1 Å². The van der Waals surface area contributed by atoms with Gasteiger partial charge in [0.25, 0.3) is 5.69 Å². The normalized spacial score (nSPS) is 18.1. The molecule has 0 N–H and O–H groups in total. The van der Waals surface area contributed by atoms with E-state index in [1.807, 2.05) is 10.7 Å². The van der Waals surface area contributed by atoms with Crippen molar-refractivity contribution in [3.8, 4) is 0 Å². The number of likely N-dealkylation sites (tertiary alicyclic amines) is 1. The lowest BCUT2D eigenvalue weighted by molar-refractivity contribution is -0.384. The van der Waals surface area contributed by atoms with Crippen LogP contribution in [0.1, 0.15) is 23.8 Å². The third-order valence-electron chi connectivity index (χ3n) is 5.34. The van der Waals surface area contributed by atoms with Gasteiger partial charge >= 0.3 is 0 Å². The van der Waals surface area contributed by atoms with Crippen molar-refractivity contribution < 1.29 is 4.92 Å². The minimum Gasteiger partial charge on any atom is -0.284 e. The molecule has 1 atom stereocenters. The van der Waals surface area contributed by atoms with Gasteiger partial charge in [-0.15, -0.1) is 11.3 Å². The first kappa shape index (κ1) is 17.3. The molecule has 1 saturated heterocycles. The lowest BCUT2D eigenvalue weighted by Gasteiger charge is -2.31. The van der Waals surface area contributed by atoms with Crippen molar-refractivity contribution in [3.05, 3.63) is 63.8 Å². The van der Waals surface area contributed by atoms with Crippen LogP contribution in [0.3, 0.4) is 0 Å². The number of aromatic nitrogens is 3. The van der Waals surface area contributed by atoms with Crippen LogP contribution in [-0.4, -0.2) is 37.7 Å². The molecule has 2 aromatic heterocycles. The number of nitro groups is 1. The minimum atomic E-state index is -0.360. The fourth-order valence-corrected chi connectivity index (χ4v) is 5.02. The monoisotopic (exact) mass is 393 g/mol. The van der Waals surface area contributed by atoms with E-state index in [0.717, 1.165) is 42.4 Å². The smallest absolute Gasteiger partial charge is 0.271 e. The van der Waals surface area contributed by atoms with Crippen LogP contribution in [0.5, 0.6) is 0 Å². The van der Waals surface area contributed by atoms with Crippen LogP contribution in [0.4, 0.5) is 5.69 Å². The summed E-state index contributed by atoms with van der Waals surface area (Å²) in [7, 11) is 0. The van der Waals surface area contributed by atoms with Crippen LogP contribution >= 0.6 is 11.3 Å². The Balaban J connectivity index is 1.37. The number of nitro benzene ring substituents is 1. The summed E-state index contributed by atoms with van der Waals surface area (Å²) in [6.45, 7) is 2.56. The number of fused-ring (bicyclic) bond motifs is 2. The van der Waals surface area contributed by atoms with Gasteiger partial charge in [0.1, 0.15) is 0 Å². The fourth-order valence-electron chi connectivity index (χ4n) is 3.92. The molecule has 4 aromatic rings. The zero-order chi connectivity index (χ0) is 19.1. The van der Waals surface area contributed by atoms with Gasteiger partial charge in [-0.2, -0.15) is 5.10 Å². The van der Waals surface area contributed by atoms with Gasteiger partial charge in [0, 0.05) is 30.0 Å². The third kappa shape index (κ3) is 3.14. The third-order valence-corrected chi connectivity index (χ3v) is 6.54. The standard InChI is InChI=1S/C20H19N5O2S/c26-25(27)16-8-7-14-11-21-24(18(14)10-16)13-23-9-3-4-15(12-23)20-22-17-5-1-2-6-19(17)28-20/h1-2,5-8,10-11,15H,3-4,9,12-13H2/t15-/m1/s1. The maximum absolute atomic E-state index is 11.1. The highest BCUT2D eigenvalue weighted by atomic mass is 32.1. The quantitative estimate of drug-likeness (QED) is 0.380. The largest absolute Gasteiger partial charge is 0.284 e. The number of nitrogens with zero attached hydrogens (tertiary/aromatic N) is 5. The zero-order valence-corrected chi connectivity index (χ0v) is 16.0. The second-order valence-corrected chi connectivity index (χ2v) is 8.28. The lowest BCUT2D eigenvalue weighted by atomic mass is 9.99. The predicted molar refractivity (Wildman–Crippen MR) is 110 cm³/mol. The zero-order valence-electron chi connectivity index (χ0n) is 15.2. The average molecular weight is 393 g/mol. The summed E-state index contributed by atoms with van der Waals surface area (Å²) in [5, 5.41) is 17.7. The molecule has 8 heteroatoms. The van der Waals surface area contributed by atoms with Crippen LogP contribution in [0.25, 0.3) is 21.1 Å². The molecule has 1 aliphatic heterocycles. The number of hydrogen-bond donors (Lipinski definition) is 0. The van der Waals surface area contributed by atoms with Crippen molar-refractivity contribution in [3.63, 3.8) is 0 Å². The first-order chi connectivity index (χ1) is 13.7. The Kier molecular flexibility index (Phi) is 4.29. The molecular weight excluding hydrogens is 374 g/mol. The molecule has 0 aliphatic carbocycles. The minimum absolute atomic E-state index is 0.0975. The molecule has 5 rings (SSSR count). The SMILES string of the molecule is O=[N+]([O-])c1ccc2cnn(CN3CCC[C@@H](c4nc5ccccc5s4)C3)c2c1. The highest BCUT2D eigenvalue weighted by Crippen LogP contribution is 2.33. The van der Waals surface area contributed by atoms with Gasteiger partial charge in [-0.1, -0.05) is 12.1 Å². The summed E-state index contributed by atoms with van der Waals surface area (Å²) in [4.78, 5) is 18.0.